The number of ether oxygens (including phenoxy) is 1. The van der Waals surface area contributed by atoms with E-state index in [1.165, 1.54) is 11.3 Å². The van der Waals surface area contributed by atoms with E-state index in [2.05, 4.69) is 62.4 Å². The monoisotopic (exact) mass is 264 g/mol. The quantitative estimate of drug-likeness (QED) is 0.693. The summed E-state index contributed by atoms with van der Waals surface area (Å²) in [5.41, 5.74) is 2.57. The van der Waals surface area contributed by atoms with Gasteiger partial charge in [-0.2, -0.15) is 0 Å². The van der Waals surface area contributed by atoms with Gasteiger partial charge in [-0.25, -0.2) is 0 Å². The van der Waals surface area contributed by atoms with Crippen LogP contribution in [0.5, 0.6) is 0 Å². The minimum atomic E-state index is 0.391. The second-order valence-corrected chi connectivity index (χ2v) is 5.13. The van der Waals surface area contributed by atoms with Crippen LogP contribution in [-0.2, 0) is 4.74 Å². The Balaban J connectivity index is 2.27. The van der Waals surface area contributed by atoms with Crippen molar-refractivity contribution in [3.8, 4) is 0 Å². The molecule has 0 aliphatic rings. The van der Waals surface area contributed by atoms with Crippen molar-refractivity contribution in [2.75, 3.05) is 38.8 Å². The molecule has 1 unspecified atom stereocenters. The molecule has 0 aliphatic heterocycles. The third-order valence-electron chi connectivity index (χ3n) is 3.17. The van der Waals surface area contributed by atoms with E-state index in [9.17, 15) is 0 Å². The van der Waals surface area contributed by atoms with E-state index >= 15 is 0 Å². The summed E-state index contributed by atoms with van der Waals surface area (Å²) in [6.45, 7) is 7.07. The van der Waals surface area contributed by atoms with Gasteiger partial charge in [-0.15, -0.1) is 0 Å². The van der Waals surface area contributed by atoms with Gasteiger partial charge in [0.05, 0.1) is 0 Å². The molecule has 0 fully saturated rings. The highest BCUT2D eigenvalue weighted by molar-refractivity contribution is 5.46. The Morgan fingerprint density at radius 1 is 1.16 bits per heavy atom. The Bertz CT molecular complexity index is 335. The number of hydrogen-bond donors (Lipinski definition) is 1. The molecule has 0 saturated carbocycles. The highest BCUT2D eigenvalue weighted by Gasteiger charge is 2.04. The van der Waals surface area contributed by atoms with Gasteiger partial charge < -0.3 is 15.0 Å². The van der Waals surface area contributed by atoms with Crippen LogP contribution in [0.2, 0.25) is 0 Å². The van der Waals surface area contributed by atoms with E-state index < -0.39 is 0 Å². The van der Waals surface area contributed by atoms with Crippen LogP contribution >= 0.6 is 0 Å². The maximum atomic E-state index is 5.47. The lowest BCUT2D eigenvalue weighted by molar-refractivity contribution is 0.132. The van der Waals surface area contributed by atoms with Crippen molar-refractivity contribution < 1.29 is 4.74 Å². The van der Waals surface area contributed by atoms with Gasteiger partial charge in [0.1, 0.15) is 0 Å². The molecule has 0 spiro atoms. The topological polar surface area (TPSA) is 24.5 Å². The first-order chi connectivity index (χ1) is 9.15. The largest absolute Gasteiger partial charge is 0.381 e. The molecule has 19 heavy (non-hydrogen) atoms. The first-order valence-corrected chi connectivity index (χ1v) is 7.23. The van der Waals surface area contributed by atoms with Gasteiger partial charge in [0.25, 0.3) is 0 Å². The third-order valence-corrected chi connectivity index (χ3v) is 3.17. The summed E-state index contributed by atoms with van der Waals surface area (Å²) in [4.78, 5) is 2.12. The van der Waals surface area contributed by atoms with Crippen molar-refractivity contribution in [2.24, 2.45) is 0 Å². The van der Waals surface area contributed by atoms with Gasteiger partial charge in [0.15, 0.2) is 0 Å². The van der Waals surface area contributed by atoms with Gasteiger partial charge in [-0.05, 0) is 44.0 Å². The fraction of sp³-hybridized carbons (Fsp3) is 0.625. The zero-order chi connectivity index (χ0) is 14.1. The van der Waals surface area contributed by atoms with E-state index in [0.29, 0.717) is 6.04 Å². The molecule has 0 aromatic heterocycles. The molecule has 0 heterocycles. The summed E-state index contributed by atoms with van der Waals surface area (Å²) >= 11 is 0. The standard InChI is InChI=1S/C16H28N2O/c1-5-12-19-13-6-11-17-14(2)15-7-9-16(10-8-15)18(3)4/h7-10,14,17H,5-6,11-13H2,1-4H3. The molecule has 108 valence electrons. The predicted octanol–water partition coefficient (Wildman–Crippen LogP) is 3.22. The molecule has 0 bridgehead atoms. The fourth-order valence-electron chi connectivity index (χ4n) is 1.92. The van der Waals surface area contributed by atoms with Crippen LogP contribution in [0.25, 0.3) is 0 Å². The van der Waals surface area contributed by atoms with Crippen LogP contribution < -0.4 is 10.2 Å². The number of anilines is 1. The average Bonchev–Trinajstić information content (AvgIpc) is 2.42. The summed E-state index contributed by atoms with van der Waals surface area (Å²) in [7, 11) is 4.12. The summed E-state index contributed by atoms with van der Waals surface area (Å²) < 4.78 is 5.47. The Morgan fingerprint density at radius 2 is 1.84 bits per heavy atom. The molecular weight excluding hydrogens is 236 g/mol. The summed E-state index contributed by atoms with van der Waals surface area (Å²) in [6.07, 6.45) is 2.17. The lowest BCUT2D eigenvalue weighted by Crippen LogP contribution is -2.21. The summed E-state index contributed by atoms with van der Waals surface area (Å²) in [6, 6.07) is 9.11. The lowest BCUT2D eigenvalue weighted by Gasteiger charge is -2.17. The van der Waals surface area contributed by atoms with Crippen molar-refractivity contribution in [3.05, 3.63) is 29.8 Å². The van der Waals surface area contributed by atoms with Crippen LogP contribution in [0.15, 0.2) is 24.3 Å². The molecule has 0 radical (unpaired) electrons. The first-order valence-electron chi connectivity index (χ1n) is 7.23. The Kier molecular flexibility index (Phi) is 7.53. The predicted molar refractivity (Wildman–Crippen MR) is 82.9 cm³/mol. The minimum absolute atomic E-state index is 0.391. The molecule has 1 rings (SSSR count). The molecule has 3 nitrogen and oxygen atoms in total. The highest BCUT2D eigenvalue weighted by Crippen LogP contribution is 2.17. The number of rotatable bonds is 9. The molecule has 1 aromatic carbocycles. The number of benzene rings is 1. The Hall–Kier alpha value is -1.06. The van der Waals surface area contributed by atoms with E-state index in [0.717, 1.165) is 32.6 Å². The number of hydrogen-bond acceptors (Lipinski definition) is 3. The number of nitrogens with one attached hydrogen (secondary N) is 1. The van der Waals surface area contributed by atoms with Gasteiger partial charge in [0.2, 0.25) is 0 Å². The summed E-state index contributed by atoms with van der Waals surface area (Å²) in [5, 5.41) is 3.53. The average molecular weight is 264 g/mol. The van der Waals surface area contributed by atoms with E-state index in [4.69, 9.17) is 4.74 Å². The maximum Gasteiger partial charge on any atom is 0.0478 e. The number of nitrogens with zero attached hydrogens (tertiary/aromatic N) is 1. The van der Waals surface area contributed by atoms with E-state index in [-0.39, 0.29) is 0 Å². The smallest absolute Gasteiger partial charge is 0.0478 e. The van der Waals surface area contributed by atoms with Crippen LogP contribution in [0.1, 0.15) is 38.3 Å². The van der Waals surface area contributed by atoms with Gasteiger partial charge in [0, 0.05) is 39.0 Å². The Morgan fingerprint density at radius 3 is 2.42 bits per heavy atom. The molecule has 1 N–H and O–H groups in total. The maximum absolute atomic E-state index is 5.47. The van der Waals surface area contributed by atoms with Crippen molar-refractivity contribution in [2.45, 2.75) is 32.7 Å². The molecule has 0 aliphatic carbocycles. The van der Waals surface area contributed by atoms with Crippen LogP contribution in [-0.4, -0.2) is 33.9 Å². The normalized spacial score (nSPS) is 12.4. The third kappa shape index (κ3) is 6.08. The van der Waals surface area contributed by atoms with Crippen LogP contribution in [0, 0.1) is 0 Å². The molecule has 1 aromatic rings. The van der Waals surface area contributed by atoms with Crippen LogP contribution in [0.3, 0.4) is 0 Å². The van der Waals surface area contributed by atoms with Crippen molar-refractivity contribution >= 4 is 5.69 Å². The lowest BCUT2D eigenvalue weighted by atomic mass is 10.1. The summed E-state index contributed by atoms with van der Waals surface area (Å²) in [5.74, 6) is 0. The highest BCUT2D eigenvalue weighted by atomic mass is 16.5. The Labute approximate surface area is 118 Å². The van der Waals surface area contributed by atoms with Crippen molar-refractivity contribution in [1.82, 2.24) is 5.32 Å². The second kappa shape index (κ2) is 8.94. The SMILES string of the molecule is CCCOCCCNC(C)c1ccc(N(C)C)cc1. The van der Waals surface area contributed by atoms with Crippen LogP contribution in [0.4, 0.5) is 5.69 Å². The minimum Gasteiger partial charge on any atom is -0.381 e. The second-order valence-electron chi connectivity index (χ2n) is 5.13. The zero-order valence-electron chi connectivity index (χ0n) is 12.8. The molecular formula is C16H28N2O. The van der Waals surface area contributed by atoms with Crippen molar-refractivity contribution in [1.29, 1.82) is 0 Å². The molecule has 3 heteroatoms. The zero-order valence-corrected chi connectivity index (χ0v) is 12.8. The van der Waals surface area contributed by atoms with E-state index in [1.54, 1.807) is 0 Å². The fourth-order valence-corrected chi connectivity index (χ4v) is 1.92. The van der Waals surface area contributed by atoms with Gasteiger partial charge in [-0.3, -0.25) is 0 Å². The van der Waals surface area contributed by atoms with E-state index in [1.807, 2.05) is 0 Å². The first kappa shape index (κ1) is 16.0. The van der Waals surface area contributed by atoms with Crippen molar-refractivity contribution in [3.63, 3.8) is 0 Å². The van der Waals surface area contributed by atoms with Gasteiger partial charge in [-0.1, -0.05) is 19.1 Å². The molecule has 0 amide bonds. The molecule has 1 atom stereocenters. The molecule has 0 saturated heterocycles. The van der Waals surface area contributed by atoms with Gasteiger partial charge >= 0.3 is 0 Å².